The summed E-state index contributed by atoms with van der Waals surface area (Å²) in [6, 6.07) is 50.5. The standard InChI is InChI=1S/C43H30N2/c1-43(2)37-12-6-5-11-35(37)39-36(26-33-8-3-4-10-34(33)40(39)43)29-17-13-27(14-18-29)28-15-19-30(20-16-28)38-24-23-32-22-21-31-9-7-25-44-41(31)42(32)45-38/h3-26H,1-2H3. The molecule has 0 radical (unpaired) electrons. The minimum Gasteiger partial charge on any atom is -0.254 e. The molecular weight excluding hydrogens is 544 g/mol. The smallest absolute Gasteiger partial charge is 0.0972 e. The third-order valence-corrected chi connectivity index (χ3v) is 9.69. The van der Waals surface area contributed by atoms with E-state index in [4.69, 9.17) is 4.98 Å². The number of rotatable bonds is 3. The summed E-state index contributed by atoms with van der Waals surface area (Å²) in [5.41, 5.74) is 14.4. The molecular formula is C43H30N2. The second-order valence-electron chi connectivity index (χ2n) is 12.6. The van der Waals surface area contributed by atoms with E-state index in [2.05, 4.69) is 152 Å². The molecule has 0 saturated carbocycles. The maximum Gasteiger partial charge on any atom is 0.0972 e. The predicted octanol–water partition coefficient (Wildman–Crippen LogP) is 11.2. The fourth-order valence-electron chi connectivity index (χ4n) is 7.45. The summed E-state index contributed by atoms with van der Waals surface area (Å²) >= 11 is 0. The van der Waals surface area contributed by atoms with Crippen molar-refractivity contribution in [2.24, 2.45) is 0 Å². The average Bonchev–Trinajstić information content (AvgIpc) is 3.35. The molecule has 45 heavy (non-hydrogen) atoms. The average molecular weight is 575 g/mol. The maximum atomic E-state index is 5.03. The van der Waals surface area contributed by atoms with Crippen molar-refractivity contribution in [2.75, 3.05) is 0 Å². The van der Waals surface area contributed by atoms with E-state index in [9.17, 15) is 0 Å². The molecule has 0 atom stereocenters. The van der Waals surface area contributed by atoms with Crippen LogP contribution < -0.4 is 0 Å². The minimum atomic E-state index is -0.0628. The third kappa shape index (κ3) is 3.96. The van der Waals surface area contributed by atoms with Crippen molar-refractivity contribution in [3.05, 3.63) is 157 Å². The molecule has 0 spiro atoms. The van der Waals surface area contributed by atoms with E-state index in [1.807, 2.05) is 12.3 Å². The molecule has 0 aliphatic heterocycles. The molecule has 212 valence electrons. The first kappa shape index (κ1) is 25.9. The Kier molecular flexibility index (Phi) is 5.58. The Morgan fingerprint density at radius 1 is 0.489 bits per heavy atom. The van der Waals surface area contributed by atoms with Crippen LogP contribution >= 0.6 is 0 Å². The van der Waals surface area contributed by atoms with E-state index in [0.29, 0.717) is 0 Å². The number of hydrogen-bond acceptors (Lipinski definition) is 2. The Balaban J connectivity index is 1.09. The molecule has 2 aromatic heterocycles. The van der Waals surface area contributed by atoms with Gasteiger partial charge in [0.25, 0.3) is 0 Å². The van der Waals surface area contributed by atoms with Gasteiger partial charge in [0.1, 0.15) is 0 Å². The Morgan fingerprint density at radius 2 is 1.11 bits per heavy atom. The summed E-state index contributed by atoms with van der Waals surface area (Å²) in [6.45, 7) is 4.74. The van der Waals surface area contributed by atoms with Gasteiger partial charge in [-0.1, -0.05) is 135 Å². The molecule has 8 aromatic rings. The highest BCUT2D eigenvalue weighted by Crippen LogP contribution is 2.54. The summed E-state index contributed by atoms with van der Waals surface area (Å²) in [5, 5.41) is 4.85. The van der Waals surface area contributed by atoms with Crippen molar-refractivity contribution >= 4 is 32.6 Å². The number of nitrogens with zero attached hydrogens (tertiary/aromatic N) is 2. The van der Waals surface area contributed by atoms with E-state index in [0.717, 1.165) is 33.1 Å². The van der Waals surface area contributed by atoms with Crippen LogP contribution in [0.2, 0.25) is 0 Å². The molecule has 6 aromatic carbocycles. The topological polar surface area (TPSA) is 25.8 Å². The van der Waals surface area contributed by atoms with Gasteiger partial charge in [-0.25, -0.2) is 4.98 Å². The van der Waals surface area contributed by atoms with Crippen LogP contribution in [0.25, 0.3) is 77.2 Å². The van der Waals surface area contributed by atoms with Crippen LogP contribution in [0, 0.1) is 0 Å². The number of aromatic nitrogens is 2. The summed E-state index contributed by atoms with van der Waals surface area (Å²) in [5.74, 6) is 0. The van der Waals surface area contributed by atoms with Gasteiger partial charge < -0.3 is 0 Å². The molecule has 0 bridgehead atoms. The van der Waals surface area contributed by atoms with Crippen LogP contribution in [0.15, 0.2) is 146 Å². The normalized spacial score (nSPS) is 13.3. The first-order valence-corrected chi connectivity index (χ1v) is 15.6. The largest absolute Gasteiger partial charge is 0.254 e. The zero-order valence-electron chi connectivity index (χ0n) is 25.3. The van der Waals surface area contributed by atoms with Gasteiger partial charge >= 0.3 is 0 Å². The van der Waals surface area contributed by atoms with E-state index >= 15 is 0 Å². The first-order valence-electron chi connectivity index (χ1n) is 15.6. The second kappa shape index (κ2) is 9.70. The molecule has 0 N–H and O–H groups in total. The Hall–Kier alpha value is -5.60. The van der Waals surface area contributed by atoms with Crippen LogP contribution in [0.3, 0.4) is 0 Å². The van der Waals surface area contributed by atoms with Crippen molar-refractivity contribution < 1.29 is 0 Å². The Labute approximate surface area is 262 Å². The Morgan fingerprint density at radius 3 is 1.91 bits per heavy atom. The zero-order valence-corrected chi connectivity index (χ0v) is 25.3. The van der Waals surface area contributed by atoms with Gasteiger partial charge in [-0.3, -0.25) is 4.98 Å². The fraction of sp³-hybridized carbons (Fsp3) is 0.0698. The highest BCUT2D eigenvalue weighted by Gasteiger charge is 2.38. The third-order valence-electron chi connectivity index (χ3n) is 9.69. The van der Waals surface area contributed by atoms with E-state index < -0.39 is 0 Å². The van der Waals surface area contributed by atoms with Crippen LogP contribution in [0.4, 0.5) is 0 Å². The monoisotopic (exact) mass is 574 g/mol. The lowest BCUT2D eigenvalue weighted by Gasteiger charge is -2.24. The van der Waals surface area contributed by atoms with Crippen LogP contribution in [0.1, 0.15) is 25.0 Å². The minimum absolute atomic E-state index is 0.0628. The lowest BCUT2D eigenvalue weighted by molar-refractivity contribution is 0.666. The summed E-state index contributed by atoms with van der Waals surface area (Å²) in [6.07, 6.45) is 1.84. The van der Waals surface area contributed by atoms with Crippen molar-refractivity contribution in [1.29, 1.82) is 0 Å². The molecule has 0 amide bonds. The molecule has 2 heteroatoms. The predicted molar refractivity (Wildman–Crippen MR) is 188 cm³/mol. The van der Waals surface area contributed by atoms with Crippen molar-refractivity contribution in [2.45, 2.75) is 19.3 Å². The number of hydrogen-bond donors (Lipinski definition) is 0. The summed E-state index contributed by atoms with van der Waals surface area (Å²) in [7, 11) is 0. The maximum absolute atomic E-state index is 5.03. The SMILES string of the molecule is CC1(C)c2ccccc2-c2c(-c3ccc(-c4ccc(-c5ccc6ccc7cccnc7c6n5)cc4)cc3)cc3ccccc3c21. The van der Waals surface area contributed by atoms with Gasteiger partial charge in [-0.2, -0.15) is 0 Å². The number of fused-ring (bicyclic) bond motifs is 8. The molecule has 0 fully saturated rings. The van der Waals surface area contributed by atoms with Gasteiger partial charge in [-0.05, 0) is 73.5 Å². The number of benzene rings is 6. The van der Waals surface area contributed by atoms with Gasteiger partial charge in [0.2, 0.25) is 0 Å². The van der Waals surface area contributed by atoms with Crippen molar-refractivity contribution in [1.82, 2.24) is 9.97 Å². The van der Waals surface area contributed by atoms with E-state index in [1.54, 1.807) is 0 Å². The molecule has 2 heterocycles. The zero-order chi connectivity index (χ0) is 30.1. The van der Waals surface area contributed by atoms with E-state index in [-0.39, 0.29) is 5.41 Å². The van der Waals surface area contributed by atoms with Crippen molar-refractivity contribution in [3.8, 4) is 44.6 Å². The summed E-state index contributed by atoms with van der Waals surface area (Å²) < 4.78 is 0. The van der Waals surface area contributed by atoms with Gasteiger partial charge in [0, 0.05) is 27.9 Å². The van der Waals surface area contributed by atoms with Crippen LogP contribution in [0.5, 0.6) is 0 Å². The van der Waals surface area contributed by atoms with Gasteiger partial charge in [0.05, 0.1) is 16.7 Å². The van der Waals surface area contributed by atoms with Gasteiger partial charge in [0.15, 0.2) is 0 Å². The highest BCUT2D eigenvalue weighted by atomic mass is 14.7. The highest BCUT2D eigenvalue weighted by molar-refractivity contribution is 6.05. The molecule has 9 rings (SSSR count). The molecule has 1 aliphatic rings. The molecule has 2 nitrogen and oxygen atoms in total. The lowest BCUT2D eigenvalue weighted by Crippen LogP contribution is -2.15. The lowest BCUT2D eigenvalue weighted by atomic mass is 9.79. The molecule has 0 unspecified atom stereocenters. The second-order valence-corrected chi connectivity index (χ2v) is 12.6. The quantitative estimate of drug-likeness (QED) is 0.196. The van der Waals surface area contributed by atoms with E-state index in [1.165, 1.54) is 55.3 Å². The molecule has 1 aliphatic carbocycles. The van der Waals surface area contributed by atoms with Crippen LogP contribution in [-0.4, -0.2) is 9.97 Å². The fourth-order valence-corrected chi connectivity index (χ4v) is 7.45. The summed E-state index contributed by atoms with van der Waals surface area (Å²) in [4.78, 5) is 9.65. The van der Waals surface area contributed by atoms with Crippen LogP contribution in [-0.2, 0) is 5.41 Å². The van der Waals surface area contributed by atoms with Gasteiger partial charge in [-0.15, -0.1) is 0 Å². The Bertz CT molecular complexity index is 2430. The van der Waals surface area contributed by atoms with Crippen molar-refractivity contribution in [3.63, 3.8) is 0 Å². The molecule has 0 saturated heterocycles. The first-order chi connectivity index (χ1) is 22.1. The number of pyridine rings is 2.